The van der Waals surface area contributed by atoms with Crippen LogP contribution in [0.4, 0.5) is 13.2 Å². The molecule has 0 saturated carbocycles. The first-order valence-electron chi connectivity index (χ1n) is 4.96. The Morgan fingerprint density at radius 3 is 2.44 bits per heavy atom. The van der Waals surface area contributed by atoms with Gasteiger partial charge in [-0.2, -0.15) is 0 Å². The van der Waals surface area contributed by atoms with E-state index in [2.05, 4.69) is 20.7 Å². The normalized spacial score (nSPS) is 10.3. The number of benzene rings is 1. The summed E-state index contributed by atoms with van der Waals surface area (Å²) in [5.74, 6) is -6.40. The molecule has 1 aromatic carbocycles. The zero-order valence-corrected chi connectivity index (χ0v) is 10.8. The minimum atomic E-state index is -1.45. The molecule has 0 aromatic heterocycles. The highest BCUT2D eigenvalue weighted by molar-refractivity contribution is 9.10. The third kappa shape index (κ3) is 3.10. The highest BCUT2D eigenvalue weighted by Gasteiger charge is 2.23. The molecule has 0 heterocycles. The van der Waals surface area contributed by atoms with E-state index < -0.39 is 39.4 Å². The summed E-state index contributed by atoms with van der Waals surface area (Å²) in [5.41, 5.74) is -0.842. The molecule has 0 spiro atoms. The largest absolute Gasteiger partial charge is 0.389 e. The van der Waals surface area contributed by atoms with E-state index in [1.54, 1.807) is 6.92 Å². The van der Waals surface area contributed by atoms with Crippen molar-refractivity contribution in [1.29, 1.82) is 0 Å². The maximum absolute atomic E-state index is 13.5. The SMILES string of the molecule is CCCC(=O)OC(=O)c1cc(F)c(F)c(Br)c1F. The molecular weight excluding hydrogens is 317 g/mol. The first-order valence-corrected chi connectivity index (χ1v) is 5.75. The van der Waals surface area contributed by atoms with Gasteiger partial charge in [0.05, 0.1) is 4.47 Å². The lowest BCUT2D eigenvalue weighted by molar-refractivity contribution is -0.138. The van der Waals surface area contributed by atoms with Crippen LogP contribution >= 0.6 is 15.9 Å². The van der Waals surface area contributed by atoms with E-state index in [0.29, 0.717) is 12.5 Å². The standard InChI is InChI=1S/C11H8BrF3O3/c1-2-3-7(16)18-11(17)5-4-6(13)10(15)8(12)9(5)14/h4H,2-3H2,1H3. The zero-order chi connectivity index (χ0) is 13.9. The molecule has 0 fully saturated rings. The van der Waals surface area contributed by atoms with Crippen molar-refractivity contribution in [2.75, 3.05) is 0 Å². The Balaban J connectivity index is 3.04. The second kappa shape index (κ2) is 5.99. The molecule has 0 amide bonds. The van der Waals surface area contributed by atoms with Crippen molar-refractivity contribution in [1.82, 2.24) is 0 Å². The van der Waals surface area contributed by atoms with Gasteiger partial charge >= 0.3 is 11.9 Å². The fourth-order valence-electron chi connectivity index (χ4n) is 1.13. The summed E-state index contributed by atoms with van der Waals surface area (Å²) in [6, 6.07) is 0.344. The summed E-state index contributed by atoms with van der Waals surface area (Å²) in [7, 11) is 0. The molecule has 0 saturated heterocycles. The number of esters is 2. The van der Waals surface area contributed by atoms with E-state index in [-0.39, 0.29) is 6.42 Å². The first kappa shape index (κ1) is 14.7. The Hall–Kier alpha value is -1.37. The van der Waals surface area contributed by atoms with Crippen molar-refractivity contribution >= 4 is 27.9 Å². The van der Waals surface area contributed by atoms with Crippen LogP contribution in [0, 0.1) is 17.5 Å². The molecule has 0 unspecified atom stereocenters. The van der Waals surface area contributed by atoms with Crippen LogP contribution in [0.2, 0.25) is 0 Å². The van der Waals surface area contributed by atoms with E-state index in [0.717, 1.165) is 0 Å². The quantitative estimate of drug-likeness (QED) is 0.370. The van der Waals surface area contributed by atoms with Crippen LogP contribution in [-0.2, 0) is 9.53 Å². The minimum Gasteiger partial charge on any atom is -0.389 e. The number of rotatable bonds is 3. The second-order valence-electron chi connectivity index (χ2n) is 3.36. The van der Waals surface area contributed by atoms with E-state index in [9.17, 15) is 22.8 Å². The lowest BCUT2D eigenvalue weighted by atomic mass is 10.2. The van der Waals surface area contributed by atoms with Gasteiger partial charge in [-0.05, 0) is 28.4 Å². The Bertz CT molecular complexity index is 503. The van der Waals surface area contributed by atoms with Crippen molar-refractivity contribution in [2.45, 2.75) is 19.8 Å². The van der Waals surface area contributed by atoms with Crippen LogP contribution in [0.15, 0.2) is 10.5 Å². The molecule has 1 aromatic rings. The maximum Gasteiger partial charge on any atom is 0.348 e. The zero-order valence-electron chi connectivity index (χ0n) is 9.23. The average Bonchev–Trinajstić information content (AvgIpc) is 2.31. The van der Waals surface area contributed by atoms with Gasteiger partial charge in [0.2, 0.25) is 0 Å². The molecule has 98 valence electrons. The number of hydrogen-bond donors (Lipinski definition) is 0. The molecule has 0 radical (unpaired) electrons. The summed E-state index contributed by atoms with van der Waals surface area (Å²) in [6.45, 7) is 1.68. The molecule has 0 bridgehead atoms. The fourth-order valence-corrected chi connectivity index (χ4v) is 1.54. The van der Waals surface area contributed by atoms with E-state index in [1.807, 2.05) is 0 Å². The molecule has 1 rings (SSSR count). The molecule has 0 atom stereocenters. The first-order chi connectivity index (χ1) is 8.38. The monoisotopic (exact) mass is 324 g/mol. The van der Waals surface area contributed by atoms with Crippen molar-refractivity contribution < 1.29 is 27.5 Å². The van der Waals surface area contributed by atoms with Gasteiger partial charge in [-0.15, -0.1) is 0 Å². The van der Waals surface area contributed by atoms with Gasteiger partial charge in [0, 0.05) is 6.42 Å². The van der Waals surface area contributed by atoms with Gasteiger partial charge in [0.25, 0.3) is 0 Å². The predicted octanol–water partition coefficient (Wildman–Crippen LogP) is 3.35. The lowest BCUT2D eigenvalue weighted by Gasteiger charge is -2.06. The highest BCUT2D eigenvalue weighted by Crippen LogP contribution is 2.25. The maximum atomic E-state index is 13.5. The molecule has 3 nitrogen and oxygen atoms in total. The molecule has 18 heavy (non-hydrogen) atoms. The summed E-state index contributed by atoms with van der Waals surface area (Å²) < 4.78 is 42.9. The lowest BCUT2D eigenvalue weighted by Crippen LogP contribution is -2.14. The van der Waals surface area contributed by atoms with Gasteiger partial charge in [-0.1, -0.05) is 6.92 Å². The van der Waals surface area contributed by atoms with Crippen molar-refractivity contribution in [3.05, 3.63) is 33.6 Å². The van der Waals surface area contributed by atoms with Crippen molar-refractivity contribution in [3.8, 4) is 0 Å². The average molecular weight is 325 g/mol. The summed E-state index contributed by atoms with van der Waals surface area (Å²) in [6.07, 6.45) is 0.411. The van der Waals surface area contributed by atoms with Gasteiger partial charge in [0.1, 0.15) is 5.56 Å². The minimum absolute atomic E-state index is 0.0296. The van der Waals surface area contributed by atoms with Gasteiger partial charge in [-0.25, -0.2) is 18.0 Å². The summed E-state index contributed by atoms with van der Waals surface area (Å²) >= 11 is 2.46. The highest BCUT2D eigenvalue weighted by atomic mass is 79.9. The van der Waals surface area contributed by atoms with Gasteiger partial charge in [-0.3, -0.25) is 4.79 Å². The predicted molar refractivity (Wildman–Crippen MR) is 59.3 cm³/mol. The second-order valence-corrected chi connectivity index (χ2v) is 4.15. The summed E-state index contributed by atoms with van der Waals surface area (Å²) in [5, 5.41) is 0. The van der Waals surface area contributed by atoms with Crippen LogP contribution < -0.4 is 0 Å². The molecule has 0 N–H and O–H groups in total. The van der Waals surface area contributed by atoms with E-state index in [4.69, 9.17) is 0 Å². The number of carbonyl (C=O) groups excluding carboxylic acids is 2. The summed E-state index contributed by atoms with van der Waals surface area (Å²) in [4.78, 5) is 22.4. The van der Waals surface area contributed by atoms with Crippen LogP contribution in [-0.4, -0.2) is 11.9 Å². The number of ether oxygens (including phenoxy) is 1. The number of halogens is 4. The Morgan fingerprint density at radius 1 is 1.28 bits per heavy atom. The molecule has 0 aliphatic heterocycles. The number of carbonyl (C=O) groups is 2. The van der Waals surface area contributed by atoms with E-state index in [1.165, 1.54) is 0 Å². The van der Waals surface area contributed by atoms with E-state index >= 15 is 0 Å². The third-order valence-electron chi connectivity index (χ3n) is 1.98. The van der Waals surface area contributed by atoms with Crippen LogP contribution in [0.3, 0.4) is 0 Å². The molecule has 7 heteroatoms. The molecule has 0 aliphatic carbocycles. The van der Waals surface area contributed by atoms with Gasteiger partial charge < -0.3 is 4.74 Å². The molecular formula is C11H8BrF3O3. The van der Waals surface area contributed by atoms with Crippen molar-refractivity contribution in [2.24, 2.45) is 0 Å². The van der Waals surface area contributed by atoms with Crippen LogP contribution in [0.5, 0.6) is 0 Å². The molecule has 0 aliphatic rings. The Morgan fingerprint density at radius 2 is 1.89 bits per heavy atom. The van der Waals surface area contributed by atoms with Gasteiger partial charge in [0.15, 0.2) is 17.5 Å². The fraction of sp³-hybridized carbons (Fsp3) is 0.273. The number of hydrogen-bond acceptors (Lipinski definition) is 3. The van der Waals surface area contributed by atoms with Crippen molar-refractivity contribution in [3.63, 3.8) is 0 Å². The topological polar surface area (TPSA) is 43.4 Å². The third-order valence-corrected chi connectivity index (χ3v) is 2.68. The Kier molecular flexibility index (Phi) is 4.89. The van der Waals surface area contributed by atoms with Crippen LogP contribution in [0.25, 0.3) is 0 Å². The Labute approximate surface area is 109 Å². The smallest absolute Gasteiger partial charge is 0.348 e. The van der Waals surface area contributed by atoms with Crippen LogP contribution in [0.1, 0.15) is 30.1 Å².